The summed E-state index contributed by atoms with van der Waals surface area (Å²) in [4.78, 5) is 0. The molecule has 0 saturated carbocycles. The number of hydrogen-bond acceptors (Lipinski definition) is 4. The van der Waals surface area contributed by atoms with E-state index >= 15 is 0 Å². The molecule has 0 amide bonds. The van der Waals surface area contributed by atoms with Crippen LogP contribution in [0.3, 0.4) is 0 Å². The topological polar surface area (TPSA) is 47.9 Å². The van der Waals surface area contributed by atoms with Gasteiger partial charge in [-0.05, 0) is 12.0 Å². The van der Waals surface area contributed by atoms with E-state index in [0.717, 1.165) is 12.0 Å². The van der Waals surface area contributed by atoms with E-state index in [-0.39, 0.29) is 6.10 Å². The van der Waals surface area contributed by atoms with Gasteiger partial charge in [0, 0.05) is 7.11 Å². The van der Waals surface area contributed by atoms with Crippen LogP contribution in [0.15, 0.2) is 42.5 Å². The van der Waals surface area contributed by atoms with Crippen molar-refractivity contribution in [1.82, 2.24) is 0 Å². The Morgan fingerprint density at radius 3 is 2.70 bits per heavy atom. The normalized spacial score (nSPS) is 30.1. The van der Waals surface area contributed by atoms with Crippen molar-refractivity contribution in [2.24, 2.45) is 0 Å². The number of aliphatic hydroxyl groups is 1. The van der Waals surface area contributed by atoms with E-state index in [1.54, 1.807) is 0 Å². The van der Waals surface area contributed by atoms with E-state index in [1.165, 1.54) is 7.11 Å². The lowest BCUT2D eigenvalue weighted by atomic mass is 10.1. The molecule has 1 aliphatic heterocycles. The van der Waals surface area contributed by atoms with Crippen LogP contribution in [0, 0.1) is 0 Å². The molecule has 4 nitrogen and oxygen atoms in total. The molecule has 110 valence electrons. The van der Waals surface area contributed by atoms with E-state index < -0.39 is 18.5 Å². The molecule has 0 bridgehead atoms. The fourth-order valence-corrected chi connectivity index (χ4v) is 2.24. The second-order valence-corrected chi connectivity index (χ2v) is 4.79. The quantitative estimate of drug-likeness (QED) is 0.811. The average Bonchev–Trinajstić information content (AvgIpc) is 2.79. The number of methoxy groups -OCH3 is 1. The van der Waals surface area contributed by atoms with Gasteiger partial charge in [0.1, 0.15) is 18.3 Å². The monoisotopic (exact) mass is 278 g/mol. The highest BCUT2D eigenvalue weighted by molar-refractivity contribution is 5.13. The minimum Gasteiger partial charge on any atom is -0.385 e. The van der Waals surface area contributed by atoms with Crippen molar-refractivity contribution in [2.45, 2.75) is 44.6 Å². The molecule has 2 rings (SSSR count). The van der Waals surface area contributed by atoms with Crippen LogP contribution in [0.5, 0.6) is 0 Å². The maximum absolute atomic E-state index is 10.2. The Labute approximate surface area is 120 Å². The maximum Gasteiger partial charge on any atom is 0.186 e. The van der Waals surface area contributed by atoms with Gasteiger partial charge in [0.25, 0.3) is 0 Å². The first kappa shape index (κ1) is 15.2. The molecule has 1 saturated heterocycles. The van der Waals surface area contributed by atoms with Crippen molar-refractivity contribution >= 4 is 0 Å². The lowest BCUT2D eigenvalue weighted by Gasteiger charge is -2.19. The second kappa shape index (κ2) is 7.55. The Morgan fingerprint density at radius 1 is 1.30 bits per heavy atom. The van der Waals surface area contributed by atoms with E-state index in [2.05, 4.69) is 6.92 Å². The summed E-state index contributed by atoms with van der Waals surface area (Å²) in [7, 11) is 1.52. The second-order valence-electron chi connectivity index (χ2n) is 4.79. The van der Waals surface area contributed by atoms with Crippen LogP contribution in [-0.4, -0.2) is 36.8 Å². The van der Waals surface area contributed by atoms with Gasteiger partial charge in [-0.3, -0.25) is 0 Å². The van der Waals surface area contributed by atoms with Crippen LogP contribution in [0.2, 0.25) is 0 Å². The molecule has 4 heteroatoms. The minimum atomic E-state index is -0.782. The van der Waals surface area contributed by atoms with Gasteiger partial charge in [0.2, 0.25) is 0 Å². The summed E-state index contributed by atoms with van der Waals surface area (Å²) in [5.74, 6) is 0. The van der Waals surface area contributed by atoms with Crippen molar-refractivity contribution < 1.29 is 19.3 Å². The van der Waals surface area contributed by atoms with Gasteiger partial charge in [-0.2, -0.15) is 0 Å². The van der Waals surface area contributed by atoms with Crippen molar-refractivity contribution in [3.05, 3.63) is 48.0 Å². The first-order valence-corrected chi connectivity index (χ1v) is 6.94. The third-order valence-corrected chi connectivity index (χ3v) is 3.31. The molecule has 1 heterocycles. The van der Waals surface area contributed by atoms with Crippen molar-refractivity contribution in [3.63, 3.8) is 0 Å². The van der Waals surface area contributed by atoms with Crippen molar-refractivity contribution in [2.75, 3.05) is 7.11 Å². The van der Waals surface area contributed by atoms with Gasteiger partial charge in [0.05, 0.1) is 6.61 Å². The summed E-state index contributed by atoms with van der Waals surface area (Å²) in [6.45, 7) is 2.49. The SMILES string of the molecule is CC/C=C/[C@H]1OC(OC)[C@H](O)[C@H]1OCc1ccccc1. The summed E-state index contributed by atoms with van der Waals surface area (Å²) >= 11 is 0. The van der Waals surface area contributed by atoms with Gasteiger partial charge in [-0.15, -0.1) is 0 Å². The van der Waals surface area contributed by atoms with Crippen LogP contribution in [0.1, 0.15) is 18.9 Å². The minimum absolute atomic E-state index is 0.279. The van der Waals surface area contributed by atoms with Gasteiger partial charge >= 0.3 is 0 Å². The molecule has 1 N–H and O–H groups in total. The predicted octanol–water partition coefficient (Wildman–Crippen LogP) is 2.27. The molecule has 1 unspecified atom stereocenters. The summed E-state index contributed by atoms with van der Waals surface area (Å²) in [6.07, 6.45) is 2.74. The standard InChI is InChI=1S/C16H22O4/c1-3-4-10-13-15(14(17)16(18-2)20-13)19-11-12-8-6-5-7-9-12/h4-10,13-17H,3,11H2,1-2H3/b10-4+/t13-,14-,15+,16?/m1/s1. The predicted molar refractivity (Wildman–Crippen MR) is 76.1 cm³/mol. The van der Waals surface area contributed by atoms with Crippen molar-refractivity contribution in [3.8, 4) is 0 Å². The fraction of sp³-hybridized carbons (Fsp3) is 0.500. The number of benzene rings is 1. The Balaban J connectivity index is 2.00. The maximum atomic E-state index is 10.2. The van der Waals surface area contributed by atoms with E-state index in [1.807, 2.05) is 42.5 Å². The first-order valence-electron chi connectivity index (χ1n) is 6.94. The van der Waals surface area contributed by atoms with Gasteiger partial charge in [-0.1, -0.05) is 49.4 Å². The Hall–Kier alpha value is -1.20. The van der Waals surface area contributed by atoms with E-state index in [0.29, 0.717) is 6.61 Å². The summed E-state index contributed by atoms with van der Waals surface area (Å²) in [5, 5.41) is 10.2. The fourth-order valence-electron chi connectivity index (χ4n) is 2.24. The molecule has 1 aromatic carbocycles. The highest BCUT2D eigenvalue weighted by Gasteiger charge is 2.43. The number of rotatable bonds is 6. The number of ether oxygens (including phenoxy) is 3. The van der Waals surface area contributed by atoms with Crippen LogP contribution < -0.4 is 0 Å². The molecule has 20 heavy (non-hydrogen) atoms. The van der Waals surface area contributed by atoms with Gasteiger partial charge < -0.3 is 19.3 Å². The molecule has 0 radical (unpaired) electrons. The van der Waals surface area contributed by atoms with Crippen LogP contribution >= 0.6 is 0 Å². The number of hydrogen-bond donors (Lipinski definition) is 1. The lowest BCUT2D eigenvalue weighted by molar-refractivity contribution is -0.143. The van der Waals surface area contributed by atoms with Crippen LogP contribution in [0.25, 0.3) is 0 Å². The summed E-state index contributed by atoms with van der Waals surface area (Å²) in [6, 6.07) is 9.88. The Morgan fingerprint density at radius 2 is 2.05 bits per heavy atom. The first-order chi connectivity index (χ1) is 9.76. The molecule has 1 aliphatic rings. The number of allylic oxidation sites excluding steroid dienone is 1. The molecule has 0 aromatic heterocycles. The Kier molecular flexibility index (Phi) is 5.73. The zero-order valence-corrected chi connectivity index (χ0v) is 11.9. The zero-order valence-electron chi connectivity index (χ0n) is 11.9. The molecule has 0 aliphatic carbocycles. The lowest BCUT2D eigenvalue weighted by Crippen LogP contribution is -2.35. The molecular formula is C16H22O4. The molecule has 1 aromatic rings. The highest BCUT2D eigenvalue weighted by Crippen LogP contribution is 2.26. The third kappa shape index (κ3) is 3.67. The summed E-state index contributed by atoms with van der Waals surface area (Å²) < 4.78 is 16.6. The van der Waals surface area contributed by atoms with E-state index in [9.17, 15) is 5.11 Å². The molecular weight excluding hydrogens is 256 g/mol. The number of aliphatic hydroxyl groups excluding tert-OH is 1. The third-order valence-electron chi connectivity index (χ3n) is 3.31. The highest BCUT2D eigenvalue weighted by atomic mass is 16.7. The molecule has 0 spiro atoms. The average molecular weight is 278 g/mol. The molecule has 1 fully saturated rings. The summed E-state index contributed by atoms with van der Waals surface area (Å²) in [5.41, 5.74) is 1.07. The zero-order chi connectivity index (χ0) is 14.4. The van der Waals surface area contributed by atoms with Crippen LogP contribution in [0.4, 0.5) is 0 Å². The molecule has 4 atom stereocenters. The van der Waals surface area contributed by atoms with E-state index in [4.69, 9.17) is 14.2 Å². The van der Waals surface area contributed by atoms with Gasteiger partial charge in [0.15, 0.2) is 6.29 Å². The van der Waals surface area contributed by atoms with Crippen LogP contribution in [-0.2, 0) is 20.8 Å². The Bertz CT molecular complexity index is 418. The van der Waals surface area contributed by atoms with Crippen molar-refractivity contribution in [1.29, 1.82) is 0 Å². The largest absolute Gasteiger partial charge is 0.385 e. The smallest absolute Gasteiger partial charge is 0.186 e. The van der Waals surface area contributed by atoms with Gasteiger partial charge in [-0.25, -0.2) is 0 Å².